The Bertz CT molecular complexity index is 409. The Hall–Kier alpha value is -0.580. The van der Waals surface area contributed by atoms with Gasteiger partial charge in [0.1, 0.15) is 5.75 Å². The molecule has 2 rings (SSSR count). The van der Waals surface area contributed by atoms with E-state index in [1.165, 1.54) is 11.1 Å². The molecule has 1 heterocycles. The Morgan fingerprint density at radius 1 is 1.44 bits per heavy atom. The van der Waals surface area contributed by atoms with Crippen LogP contribution in [0.2, 0.25) is 0 Å². The van der Waals surface area contributed by atoms with Crippen molar-refractivity contribution >= 4 is 15.9 Å². The standard InChI is InChI=1S/C14H21BrN2O/c1-3-17(2)6-5-16-10-12-9-13(15)8-11-4-7-18-14(11)12/h8-9,16H,3-7,10H2,1-2H3. The second kappa shape index (κ2) is 6.55. The molecule has 0 unspecified atom stereocenters. The molecule has 0 fully saturated rings. The van der Waals surface area contributed by atoms with Crippen molar-refractivity contribution in [3.8, 4) is 5.75 Å². The first-order valence-corrected chi connectivity index (χ1v) is 7.33. The van der Waals surface area contributed by atoms with Crippen LogP contribution in [0.4, 0.5) is 0 Å². The van der Waals surface area contributed by atoms with Crippen molar-refractivity contribution in [1.29, 1.82) is 0 Å². The highest BCUT2D eigenvalue weighted by molar-refractivity contribution is 9.10. The zero-order valence-corrected chi connectivity index (χ0v) is 12.7. The minimum Gasteiger partial charge on any atom is -0.493 e. The average Bonchev–Trinajstić information content (AvgIpc) is 2.81. The highest BCUT2D eigenvalue weighted by Crippen LogP contribution is 2.32. The fourth-order valence-corrected chi connectivity index (χ4v) is 2.68. The summed E-state index contributed by atoms with van der Waals surface area (Å²) < 4.78 is 6.86. The molecule has 0 aliphatic carbocycles. The third-order valence-corrected chi connectivity index (χ3v) is 3.81. The first-order chi connectivity index (χ1) is 8.70. The third-order valence-electron chi connectivity index (χ3n) is 3.35. The van der Waals surface area contributed by atoms with Gasteiger partial charge in [0.15, 0.2) is 0 Å². The number of benzene rings is 1. The first-order valence-electron chi connectivity index (χ1n) is 6.54. The van der Waals surface area contributed by atoms with E-state index in [9.17, 15) is 0 Å². The normalized spacial score (nSPS) is 13.8. The van der Waals surface area contributed by atoms with Crippen molar-refractivity contribution in [1.82, 2.24) is 10.2 Å². The average molecular weight is 313 g/mol. The summed E-state index contributed by atoms with van der Waals surface area (Å²) in [5.41, 5.74) is 2.59. The van der Waals surface area contributed by atoms with Crippen LogP contribution in [0.3, 0.4) is 0 Å². The largest absolute Gasteiger partial charge is 0.493 e. The number of hydrogen-bond donors (Lipinski definition) is 1. The molecule has 1 aliphatic heterocycles. The third kappa shape index (κ3) is 3.46. The summed E-state index contributed by atoms with van der Waals surface area (Å²) in [4.78, 5) is 2.30. The van der Waals surface area contributed by atoms with Gasteiger partial charge < -0.3 is 15.0 Å². The van der Waals surface area contributed by atoms with Gasteiger partial charge in [-0.25, -0.2) is 0 Å². The van der Waals surface area contributed by atoms with Gasteiger partial charge in [0.2, 0.25) is 0 Å². The van der Waals surface area contributed by atoms with E-state index in [4.69, 9.17) is 4.74 Å². The van der Waals surface area contributed by atoms with E-state index in [1.54, 1.807) is 0 Å². The molecule has 0 saturated heterocycles. The summed E-state index contributed by atoms with van der Waals surface area (Å²) in [6, 6.07) is 4.32. The van der Waals surface area contributed by atoms with Crippen LogP contribution in [-0.2, 0) is 13.0 Å². The van der Waals surface area contributed by atoms with Gasteiger partial charge in [-0.15, -0.1) is 0 Å². The Kier molecular flexibility index (Phi) is 5.03. The van der Waals surface area contributed by atoms with Gasteiger partial charge in [-0.05, 0) is 31.3 Å². The zero-order chi connectivity index (χ0) is 13.0. The molecular weight excluding hydrogens is 292 g/mol. The number of rotatable bonds is 6. The van der Waals surface area contributed by atoms with Crippen LogP contribution in [0.25, 0.3) is 0 Å². The molecule has 18 heavy (non-hydrogen) atoms. The Labute approximate surface area is 118 Å². The fraction of sp³-hybridized carbons (Fsp3) is 0.571. The number of ether oxygens (including phenoxy) is 1. The van der Waals surface area contributed by atoms with Crippen molar-refractivity contribution in [2.45, 2.75) is 19.9 Å². The van der Waals surface area contributed by atoms with E-state index in [0.29, 0.717) is 0 Å². The molecule has 1 aromatic rings. The number of fused-ring (bicyclic) bond motifs is 1. The summed E-state index contributed by atoms with van der Waals surface area (Å²) in [6.45, 7) is 7.04. The van der Waals surface area contributed by atoms with Crippen molar-refractivity contribution in [2.24, 2.45) is 0 Å². The number of halogens is 1. The second-order valence-electron chi connectivity index (χ2n) is 4.72. The van der Waals surface area contributed by atoms with Crippen molar-refractivity contribution in [3.63, 3.8) is 0 Å². The van der Waals surface area contributed by atoms with Crippen molar-refractivity contribution in [2.75, 3.05) is 33.3 Å². The lowest BCUT2D eigenvalue weighted by molar-refractivity contribution is 0.343. The molecule has 3 nitrogen and oxygen atoms in total. The van der Waals surface area contributed by atoms with Crippen LogP contribution in [0.5, 0.6) is 5.75 Å². The Balaban J connectivity index is 1.90. The highest BCUT2D eigenvalue weighted by Gasteiger charge is 2.16. The number of hydrogen-bond acceptors (Lipinski definition) is 3. The predicted molar refractivity (Wildman–Crippen MR) is 78.2 cm³/mol. The topological polar surface area (TPSA) is 24.5 Å². The molecule has 0 amide bonds. The van der Waals surface area contributed by atoms with Gasteiger partial charge in [-0.3, -0.25) is 0 Å². The quantitative estimate of drug-likeness (QED) is 0.817. The molecule has 0 bridgehead atoms. The van der Waals surface area contributed by atoms with E-state index >= 15 is 0 Å². The van der Waals surface area contributed by atoms with Gasteiger partial charge in [0.05, 0.1) is 6.61 Å². The summed E-state index contributed by atoms with van der Waals surface area (Å²) >= 11 is 3.57. The Morgan fingerprint density at radius 3 is 3.06 bits per heavy atom. The SMILES string of the molecule is CCN(C)CCNCc1cc(Br)cc2c1OCC2. The smallest absolute Gasteiger partial charge is 0.127 e. The molecule has 1 aromatic carbocycles. The lowest BCUT2D eigenvalue weighted by Gasteiger charge is -2.15. The van der Waals surface area contributed by atoms with E-state index in [2.05, 4.69) is 52.3 Å². The maximum atomic E-state index is 5.71. The van der Waals surface area contributed by atoms with Crippen LogP contribution in [0.15, 0.2) is 16.6 Å². The van der Waals surface area contributed by atoms with E-state index in [-0.39, 0.29) is 0 Å². The lowest BCUT2D eigenvalue weighted by atomic mass is 10.1. The first kappa shape index (κ1) is 13.8. The lowest BCUT2D eigenvalue weighted by Crippen LogP contribution is -2.28. The molecule has 0 spiro atoms. The summed E-state index contributed by atoms with van der Waals surface area (Å²) in [5.74, 6) is 1.09. The minimum absolute atomic E-state index is 0.817. The highest BCUT2D eigenvalue weighted by atomic mass is 79.9. The fourth-order valence-electron chi connectivity index (χ4n) is 2.13. The van der Waals surface area contributed by atoms with Crippen LogP contribution >= 0.6 is 15.9 Å². The second-order valence-corrected chi connectivity index (χ2v) is 5.64. The van der Waals surface area contributed by atoms with Gasteiger partial charge in [0.25, 0.3) is 0 Å². The van der Waals surface area contributed by atoms with Crippen LogP contribution in [-0.4, -0.2) is 38.2 Å². The predicted octanol–water partition coefficient (Wildman–Crippen LogP) is 2.43. The molecule has 0 aromatic heterocycles. The number of nitrogens with zero attached hydrogens (tertiary/aromatic N) is 1. The number of likely N-dealkylation sites (N-methyl/N-ethyl adjacent to an activating group) is 1. The maximum Gasteiger partial charge on any atom is 0.127 e. The van der Waals surface area contributed by atoms with Gasteiger partial charge in [-0.1, -0.05) is 22.9 Å². The number of nitrogens with one attached hydrogen (secondary N) is 1. The van der Waals surface area contributed by atoms with Crippen LogP contribution in [0, 0.1) is 0 Å². The molecule has 1 aliphatic rings. The van der Waals surface area contributed by atoms with Crippen molar-refractivity contribution in [3.05, 3.63) is 27.7 Å². The van der Waals surface area contributed by atoms with E-state index in [1.807, 2.05) is 0 Å². The van der Waals surface area contributed by atoms with Crippen LogP contribution < -0.4 is 10.1 Å². The summed E-state index contributed by atoms with van der Waals surface area (Å²) in [6.07, 6.45) is 1.03. The summed E-state index contributed by atoms with van der Waals surface area (Å²) in [7, 11) is 2.14. The Morgan fingerprint density at radius 2 is 2.28 bits per heavy atom. The molecule has 0 saturated carbocycles. The zero-order valence-electron chi connectivity index (χ0n) is 11.1. The van der Waals surface area contributed by atoms with E-state index in [0.717, 1.165) is 49.4 Å². The molecule has 1 N–H and O–H groups in total. The van der Waals surface area contributed by atoms with Gasteiger partial charge >= 0.3 is 0 Å². The maximum absolute atomic E-state index is 5.71. The monoisotopic (exact) mass is 312 g/mol. The molecule has 100 valence electrons. The molecule has 0 radical (unpaired) electrons. The van der Waals surface area contributed by atoms with Gasteiger partial charge in [0, 0.05) is 36.1 Å². The minimum atomic E-state index is 0.817. The van der Waals surface area contributed by atoms with Gasteiger partial charge in [-0.2, -0.15) is 0 Å². The molecule has 4 heteroatoms. The van der Waals surface area contributed by atoms with Crippen molar-refractivity contribution < 1.29 is 4.74 Å². The van der Waals surface area contributed by atoms with E-state index < -0.39 is 0 Å². The molecular formula is C14H21BrN2O. The molecule has 0 atom stereocenters. The summed E-state index contributed by atoms with van der Waals surface area (Å²) in [5, 5.41) is 3.48. The van der Waals surface area contributed by atoms with Crippen LogP contribution in [0.1, 0.15) is 18.1 Å².